The maximum Gasteiger partial charge on any atom is 0.342 e. The van der Waals surface area contributed by atoms with Crippen LogP contribution in [0.25, 0.3) is 0 Å². The van der Waals surface area contributed by atoms with E-state index in [-0.39, 0.29) is 18.9 Å². The Morgan fingerprint density at radius 3 is 2.42 bits per heavy atom. The lowest BCUT2D eigenvalue weighted by atomic mass is 10.2. The molecule has 1 aliphatic rings. The number of non-ortho nitro benzene ring substituents is 1. The molecule has 1 heterocycles. The SMILES string of the molecule is O=C(CP(=O)(OCCc1ccccc1)OCc1ccc([N+](=O)[O-])cc1)OC(=O)[C@@H]1CCCN1. The summed E-state index contributed by atoms with van der Waals surface area (Å²) in [6, 6.07) is 14.3. The fourth-order valence-corrected chi connectivity index (χ4v) is 4.58. The van der Waals surface area contributed by atoms with Gasteiger partial charge in [-0.25, -0.2) is 4.79 Å². The standard InChI is InChI=1S/C22H25N2O8P/c25-21(32-22(26)20-7-4-13-23-20)16-33(29,30-14-12-17-5-2-1-3-6-17)31-15-18-8-10-19(11-9-18)24(27)28/h1-3,5-6,8-11,20,23H,4,7,12-16H2/t20-,33?/m0/s1. The molecule has 33 heavy (non-hydrogen) atoms. The van der Waals surface area contributed by atoms with Crippen molar-refractivity contribution < 1.29 is 32.9 Å². The molecule has 3 rings (SSSR count). The number of benzene rings is 2. The van der Waals surface area contributed by atoms with Crippen molar-refractivity contribution in [2.75, 3.05) is 19.3 Å². The molecular formula is C22H25N2O8P. The van der Waals surface area contributed by atoms with Gasteiger partial charge in [-0.15, -0.1) is 0 Å². The molecule has 0 radical (unpaired) electrons. The summed E-state index contributed by atoms with van der Waals surface area (Å²) >= 11 is 0. The van der Waals surface area contributed by atoms with Crippen molar-refractivity contribution in [3.05, 3.63) is 75.8 Å². The van der Waals surface area contributed by atoms with Crippen LogP contribution in [0.3, 0.4) is 0 Å². The average molecular weight is 476 g/mol. The molecule has 1 N–H and O–H groups in total. The van der Waals surface area contributed by atoms with Crippen LogP contribution in [0.4, 0.5) is 5.69 Å². The second kappa shape index (κ2) is 11.8. The molecule has 2 aromatic rings. The van der Waals surface area contributed by atoms with Crippen molar-refractivity contribution in [1.29, 1.82) is 0 Å². The molecule has 1 unspecified atom stereocenters. The summed E-state index contributed by atoms with van der Waals surface area (Å²) in [6.07, 6.45) is 1.07. The molecule has 1 saturated heterocycles. The largest absolute Gasteiger partial charge is 0.391 e. The first-order valence-electron chi connectivity index (χ1n) is 10.5. The van der Waals surface area contributed by atoms with Gasteiger partial charge in [-0.2, -0.15) is 0 Å². The molecule has 0 aliphatic carbocycles. The van der Waals surface area contributed by atoms with Crippen molar-refractivity contribution in [3.8, 4) is 0 Å². The van der Waals surface area contributed by atoms with Crippen LogP contribution >= 0.6 is 7.60 Å². The smallest absolute Gasteiger partial charge is 0.342 e. The summed E-state index contributed by atoms with van der Waals surface area (Å²) in [5.41, 5.74) is 1.36. The molecule has 2 atom stereocenters. The minimum Gasteiger partial charge on any atom is -0.391 e. The summed E-state index contributed by atoms with van der Waals surface area (Å²) in [4.78, 5) is 34.6. The third-order valence-corrected chi connectivity index (χ3v) is 6.72. The Bertz CT molecular complexity index is 1010. The van der Waals surface area contributed by atoms with E-state index >= 15 is 0 Å². The van der Waals surface area contributed by atoms with Crippen LogP contribution in [0.1, 0.15) is 24.0 Å². The van der Waals surface area contributed by atoms with Gasteiger partial charge in [0.05, 0.1) is 18.1 Å². The third kappa shape index (κ3) is 7.87. The Morgan fingerprint density at radius 1 is 1.06 bits per heavy atom. The number of hydrogen-bond acceptors (Lipinski definition) is 9. The van der Waals surface area contributed by atoms with Crippen LogP contribution in [0, 0.1) is 10.1 Å². The average Bonchev–Trinajstić information content (AvgIpc) is 3.34. The highest BCUT2D eigenvalue weighted by atomic mass is 31.2. The van der Waals surface area contributed by atoms with Crippen LogP contribution in [-0.4, -0.2) is 42.2 Å². The number of ether oxygens (including phenoxy) is 1. The maximum atomic E-state index is 13.3. The summed E-state index contributed by atoms with van der Waals surface area (Å²) in [7, 11) is -3.98. The Morgan fingerprint density at radius 2 is 1.79 bits per heavy atom. The number of nitro benzene ring substituents is 1. The predicted octanol–water partition coefficient (Wildman–Crippen LogP) is 3.39. The number of rotatable bonds is 11. The Labute approximate surface area is 190 Å². The second-order valence-corrected chi connectivity index (χ2v) is 9.53. The topological polar surface area (TPSA) is 134 Å². The number of carbonyl (C=O) groups excluding carboxylic acids is 2. The molecule has 176 valence electrons. The fourth-order valence-electron chi connectivity index (χ4n) is 3.22. The summed E-state index contributed by atoms with van der Waals surface area (Å²) in [5.74, 6) is -1.72. The Kier molecular flexibility index (Phi) is 8.85. The summed E-state index contributed by atoms with van der Waals surface area (Å²) in [5, 5.41) is 13.7. The quantitative estimate of drug-likeness (QED) is 0.170. The van der Waals surface area contributed by atoms with E-state index < -0.39 is 36.7 Å². The highest BCUT2D eigenvalue weighted by Crippen LogP contribution is 2.49. The lowest BCUT2D eigenvalue weighted by Gasteiger charge is -2.18. The lowest BCUT2D eigenvalue weighted by molar-refractivity contribution is -0.384. The van der Waals surface area contributed by atoms with E-state index in [1.807, 2.05) is 30.3 Å². The fraction of sp³-hybridized carbons (Fsp3) is 0.364. The van der Waals surface area contributed by atoms with Gasteiger partial charge in [0.1, 0.15) is 12.2 Å². The Balaban J connectivity index is 1.61. The molecule has 0 bridgehead atoms. The molecule has 0 spiro atoms. The van der Waals surface area contributed by atoms with Gasteiger partial charge in [-0.3, -0.25) is 19.5 Å². The maximum absolute atomic E-state index is 13.3. The third-order valence-electron chi connectivity index (χ3n) is 4.98. The number of nitro groups is 1. The second-order valence-electron chi connectivity index (χ2n) is 7.48. The van der Waals surface area contributed by atoms with Crippen LogP contribution in [0.15, 0.2) is 54.6 Å². The van der Waals surface area contributed by atoms with Crippen molar-refractivity contribution in [2.24, 2.45) is 0 Å². The molecule has 11 heteroatoms. The van der Waals surface area contributed by atoms with Gasteiger partial charge < -0.3 is 19.1 Å². The van der Waals surface area contributed by atoms with Crippen molar-refractivity contribution in [2.45, 2.75) is 31.9 Å². The van der Waals surface area contributed by atoms with Crippen LogP contribution < -0.4 is 5.32 Å². The van der Waals surface area contributed by atoms with Gasteiger partial charge in [-0.1, -0.05) is 30.3 Å². The van der Waals surface area contributed by atoms with E-state index in [4.69, 9.17) is 13.8 Å². The number of esters is 2. The van der Waals surface area contributed by atoms with E-state index in [9.17, 15) is 24.3 Å². The molecule has 1 aliphatic heterocycles. The van der Waals surface area contributed by atoms with Gasteiger partial charge in [0.15, 0.2) is 0 Å². The molecule has 1 fully saturated rings. The summed E-state index contributed by atoms with van der Waals surface area (Å²) in [6.45, 7) is 0.479. The van der Waals surface area contributed by atoms with E-state index in [0.717, 1.165) is 12.0 Å². The lowest BCUT2D eigenvalue weighted by Crippen LogP contribution is -2.34. The molecule has 0 saturated carbocycles. The molecular weight excluding hydrogens is 451 g/mol. The first-order valence-corrected chi connectivity index (χ1v) is 12.2. The van der Waals surface area contributed by atoms with Crippen molar-refractivity contribution >= 4 is 25.2 Å². The minimum absolute atomic E-state index is 0.0208. The van der Waals surface area contributed by atoms with Crippen LogP contribution in [0.5, 0.6) is 0 Å². The van der Waals surface area contributed by atoms with E-state index in [2.05, 4.69) is 5.32 Å². The van der Waals surface area contributed by atoms with Gasteiger partial charge in [0, 0.05) is 12.1 Å². The van der Waals surface area contributed by atoms with Gasteiger partial charge in [0.25, 0.3) is 5.69 Å². The predicted molar refractivity (Wildman–Crippen MR) is 119 cm³/mol. The normalized spacial score (nSPS) is 17.3. The summed E-state index contributed by atoms with van der Waals surface area (Å²) < 4.78 is 29.1. The van der Waals surface area contributed by atoms with E-state index in [1.165, 1.54) is 24.3 Å². The highest BCUT2D eigenvalue weighted by Gasteiger charge is 2.33. The first-order chi connectivity index (χ1) is 15.8. The van der Waals surface area contributed by atoms with Gasteiger partial charge in [-0.05, 0) is 49.1 Å². The number of nitrogens with zero attached hydrogens (tertiary/aromatic N) is 1. The molecule has 10 nitrogen and oxygen atoms in total. The van der Waals surface area contributed by atoms with Crippen molar-refractivity contribution in [3.63, 3.8) is 0 Å². The number of nitrogens with one attached hydrogen (secondary N) is 1. The molecule has 0 aromatic heterocycles. The number of carbonyl (C=O) groups is 2. The first kappa shape index (κ1) is 24.7. The zero-order valence-corrected chi connectivity index (χ0v) is 18.8. The zero-order chi connectivity index (χ0) is 23.7. The van der Waals surface area contributed by atoms with Crippen LogP contribution in [-0.2, 0) is 41.0 Å². The van der Waals surface area contributed by atoms with Gasteiger partial charge in [0.2, 0.25) is 0 Å². The van der Waals surface area contributed by atoms with E-state index in [1.54, 1.807) is 0 Å². The van der Waals surface area contributed by atoms with Crippen LogP contribution in [0.2, 0.25) is 0 Å². The zero-order valence-electron chi connectivity index (χ0n) is 17.9. The monoisotopic (exact) mass is 476 g/mol. The number of hydrogen-bond donors (Lipinski definition) is 1. The molecule has 0 amide bonds. The van der Waals surface area contributed by atoms with E-state index in [0.29, 0.717) is 24.9 Å². The highest BCUT2D eigenvalue weighted by molar-refractivity contribution is 7.54. The Hall–Kier alpha value is -2.91. The molecule has 2 aromatic carbocycles. The minimum atomic E-state index is -3.98. The van der Waals surface area contributed by atoms with Crippen molar-refractivity contribution in [1.82, 2.24) is 5.32 Å². The van der Waals surface area contributed by atoms with Gasteiger partial charge >= 0.3 is 19.5 Å².